The van der Waals surface area contributed by atoms with Crippen LogP contribution in [0, 0.1) is 0 Å². The van der Waals surface area contributed by atoms with Crippen molar-refractivity contribution in [3.05, 3.63) is 57.6 Å². The molecule has 0 saturated heterocycles. The van der Waals surface area contributed by atoms with E-state index in [1.54, 1.807) is 24.7 Å². The molecule has 138 valence electrons. The number of aryl methyl sites for hydroxylation is 2. The summed E-state index contributed by atoms with van der Waals surface area (Å²) in [7, 11) is 3.63. The summed E-state index contributed by atoms with van der Waals surface area (Å²) in [5.74, 6) is 1.77. The number of rotatable bonds is 3. The fourth-order valence-electron chi connectivity index (χ4n) is 3.94. The first-order valence-electron chi connectivity index (χ1n) is 9.11. The molecule has 27 heavy (non-hydrogen) atoms. The van der Waals surface area contributed by atoms with E-state index >= 15 is 0 Å². The number of hydrogen-bond donors (Lipinski definition) is 0. The van der Waals surface area contributed by atoms with Crippen LogP contribution in [0.4, 0.5) is 0 Å². The number of ether oxygens (including phenoxy) is 1. The van der Waals surface area contributed by atoms with Gasteiger partial charge in [0.2, 0.25) is 0 Å². The topological polar surface area (TPSA) is 56.7 Å². The predicted octanol–water partition coefficient (Wildman–Crippen LogP) is 3.61. The summed E-state index contributed by atoms with van der Waals surface area (Å²) in [6.07, 6.45) is 5.27. The van der Waals surface area contributed by atoms with Crippen molar-refractivity contribution in [2.45, 2.75) is 31.1 Å². The van der Waals surface area contributed by atoms with Gasteiger partial charge in [0, 0.05) is 23.9 Å². The minimum absolute atomic E-state index is 0.0470. The van der Waals surface area contributed by atoms with Gasteiger partial charge in [-0.15, -0.1) is 11.3 Å². The number of fused-ring (bicyclic) bond motifs is 3. The molecule has 5 rings (SSSR count). The maximum absolute atomic E-state index is 13.1. The van der Waals surface area contributed by atoms with E-state index in [-0.39, 0.29) is 5.91 Å². The first kappa shape index (κ1) is 16.6. The Morgan fingerprint density at radius 1 is 1.22 bits per heavy atom. The van der Waals surface area contributed by atoms with E-state index in [1.165, 1.54) is 4.88 Å². The number of hydrogen-bond acceptors (Lipinski definition) is 4. The van der Waals surface area contributed by atoms with E-state index < -0.39 is 5.41 Å². The third-order valence-corrected chi connectivity index (χ3v) is 6.87. The van der Waals surface area contributed by atoms with Gasteiger partial charge in [0.25, 0.3) is 5.91 Å². The molecule has 0 spiro atoms. The molecule has 6 heteroatoms. The summed E-state index contributed by atoms with van der Waals surface area (Å²) < 4.78 is 12.8. The summed E-state index contributed by atoms with van der Waals surface area (Å²) in [4.78, 5) is 19.7. The number of thiazole rings is 1. The lowest BCUT2D eigenvalue weighted by atomic mass is 9.95. The number of amides is 1. The van der Waals surface area contributed by atoms with Crippen LogP contribution in [0.3, 0.4) is 0 Å². The molecule has 0 aliphatic heterocycles. The normalized spacial score (nSPS) is 17.3. The Morgan fingerprint density at radius 3 is 2.70 bits per heavy atom. The van der Waals surface area contributed by atoms with Crippen molar-refractivity contribution in [2.24, 2.45) is 12.0 Å². The second-order valence-corrected chi connectivity index (χ2v) is 8.26. The zero-order chi connectivity index (χ0) is 18.6. The number of nitrogens with zero attached hydrogens (tertiary/aromatic N) is 2. The average Bonchev–Trinajstić information content (AvgIpc) is 3.27. The predicted molar refractivity (Wildman–Crippen MR) is 103 cm³/mol. The molecule has 0 radical (unpaired) electrons. The van der Waals surface area contributed by atoms with E-state index in [9.17, 15) is 4.79 Å². The third kappa shape index (κ3) is 2.51. The molecule has 2 aliphatic carbocycles. The van der Waals surface area contributed by atoms with Crippen LogP contribution < -0.4 is 9.54 Å². The Morgan fingerprint density at radius 2 is 2.00 bits per heavy atom. The number of carbonyl (C=O) groups excluding carboxylic acids is 1. The Kier molecular flexibility index (Phi) is 3.65. The van der Waals surface area contributed by atoms with Gasteiger partial charge in [0.15, 0.2) is 4.80 Å². The number of carbonyl (C=O) groups is 1. The van der Waals surface area contributed by atoms with E-state index in [0.29, 0.717) is 0 Å². The number of methoxy groups -OCH3 is 1. The Hall–Kier alpha value is -2.60. The molecule has 2 aliphatic rings. The molecule has 1 saturated carbocycles. The minimum atomic E-state index is -0.468. The van der Waals surface area contributed by atoms with Gasteiger partial charge in [-0.3, -0.25) is 4.79 Å². The smallest absolute Gasteiger partial charge is 0.258 e. The highest BCUT2D eigenvalue weighted by molar-refractivity contribution is 7.09. The van der Waals surface area contributed by atoms with Crippen LogP contribution >= 0.6 is 11.3 Å². The molecular weight excluding hydrogens is 360 g/mol. The molecule has 0 unspecified atom stereocenters. The Bertz CT molecular complexity index is 1100. The first-order chi connectivity index (χ1) is 13.1. The van der Waals surface area contributed by atoms with Crippen molar-refractivity contribution in [1.82, 2.24) is 4.57 Å². The number of furan rings is 1. The van der Waals surface area contributed by atoms with E-state index in [1.807, 2.05) is 41.9 Å². The highest BCUT2D eigenvalue weighted by atomic mass is 32.1. The van der Waals surface area contributed by atoms with E-state index in [4.69, 9.17) is 9.15 Å². The monoisotopic (exact) mass is 380 g/mol. The number of aromatic nitrogens is 1. The van der Waals surface area contributed by atoms with Gasteiger partial charge >= 0.3 is 0 Å². The maximum Gasteiger partial charge on any atom is 0.258 e. The Balaban J connectivity index is 1.53. The van der Waals surface area contributed by atoms with Crippen molar-refractivity contribution in [3.8, 4) is 17.0 Å². The quantitative estimate of drug-likeness (QED) is 0.697. The van der Waals surface area contributed by atoms with Crippen LogP contribution in [0.25, 0.3) is 11.3 Å². The minimum Gasteiger partial charge on any atom is -0.497 e. The molecule has 3 aromatic rings. The lowest BCUT2D eigenvalue weighted by molar-refractivity contribution is -0.120. The van der Waals surface area contributed by atoms with E-state index in [0.717, 1.165) is 58.8 Å². The number of benzene rings is 1. The maximum atomic E-state index is 13.1. The van der Waals surface area contributed by atoms with Gasteiger partial charge < -0.3 is 13.7 Å². The third-order valence-electron chi connectivity index (χ3n) is 5.68. The second kappa shape index (κ2) is 5.96. The summed E-state index contributed by atoms with van der Waals surface area (Å²) in [5.41, 5.74) is 2.82. The first-order valence-corrected chi connectivity index (χ1v) is 9.93. The molecule has 1 aromatic carbocycles. The van der Waals surface area contributed by atoms with Gasteiger partial charge in [0.05, 0.1) is 24.5 Å². The van der Waals surface area contributed by atoms with Crippen LogP contribution in [-0.2, 0) is 30.1 Å². The fraction of sp³-hybridized carbons (Fsp3) is 0.333. The second-order valence-electron chi connectivity index (χ2n) is 7.20. The molecule has 2 aromatic heterocycles. The largest absolute Gasteiger partial charge is 0.497 e. The lowest BCUT2D eigenvalue weighted by Crippen LogP contribution is -2.23. The van der Waals surface area contributed by atoms with Gasteiger partial charge in [0.1, 0.15) is 11.5 Å². The molecule has 1 fully saturated rings. The molecule has 2 heterocycles. The van der Waals surface area contributed by atoms with E-state index in [2.05, 4.69) is 4.99 Å². The van der Waals surface area contributed by atoms with Crippen LogP contribution in [0.1, 0.15) is 29.0 Å². The van der Waals surface area contributed by atoms with Gasteiger partial charge in [-0.25, -0.2) is 0 Å². The van der Waals surface area contributed by atoms with Crippen molar-refractivity contribution in [2.75, 3.05) is 7.11 Å². The summed E-state index contributed by atoms with van der Waals surface area (Å²) >= 11 is 1.62. The van der Waals surface area contributed by atoms with Crippen LogP contribution in [0.15, 0.2) is 46.0 Å². The van der Waals surface area contributed by atoms with Crippen molar-refractivity contribution in [3.63, 3.8) is 0 Å². The van der Waals surface area contributed by atoms with Crippen molar-refractivity contribution >= 4 is 17.2 Å². The molecule has 0 N–H and O–H groups in total. The summed E-state index contributed by atoms with van der Waals surface area (Å²) in [5, 5.41) is 0. The van der Waals surface area contributed by atoms with Crippen LogP contribution in [0.2, 0.25) is 0 Å². The molecule has 5 nitrogen and oxygen atoms in total. The van der Waals surface area contributed by atoms with Gasteiger partial charge in [-0.1, -0.05) is 12.1 Å². The van der Waals surface area contributed by atoms with Gasteiger partial charge in [-0.05, 0) is 43.0 Å². The Labute approximate surface area is 160 Å². The van der Waals surface area contributed by atoms with Crippen LogP contribution in [0.5, 0.6) is 5.75 Å². The van der Waals surface area contributed by atoms with Crippen molar-refractivity contribution in [1.29, 1.82) is 0 Å². The highest BCUT2D eigenvalue weighted by Crippen LogP contribution is 2.49. The molecule has 0 atom stereocenters. The summed E-state index contributed by atoms with van der Waals surface area (Å²) in [6.45, 7) is 0. The highest BCUT2D eigenvalue weighted by Gasteiger charge is 2.51. The standard InChI is InChI=1S/C21H20N2O3S/c1-23-18-15-9-12-26-16(15)7-8-17(18)27-20(23)22-19(24)21(10-11-21)13-3-5-14(25-2)6-4-13/h3-6,9,12H,7-8,10-11H2,1-2H3. The van der Waals surface area contributed by atoms with Crippen molar-refractivity contribution < 1.29 is 13.9 Å². The SMILES string of the molecule is COc1ccc(C2(C(=O)N=c3sc4c(n3C)-c3ccoc3CC4)CC2)cc1. The lowest BCUT2D eigenvalue weighted by Gasteiger charge is -2.12. The average molecular weight is 380 g/mol. The zero-order valence-electron chi connectivity index (χ0n) is 15.3. The van der Waals surface area contributed by atoms with Crippen LogP contribution in [-0.4, -0.2) is 17.6 Å². The zero-order valence-corrected chi connectivity index (χ0v) is 16.1. The molecular formula is C21H20N2O3S. The fourth-order valence-corrected chi connectivity index (χ4v) is 5.06. The summed E-state index contributed by atoms with van der Waals surface area (Å²) in [6, 6.07) is 9.79. The van der Waals surface area contributed by atoms with Gasteiger partial charge in [-0.2, -0.15) is 4.99 Å². The molecule has 1 amide bonds. The molecule has 0 bridgehead atoms.